The third kappa shape index (κ3) is 2.00. The highest BCUT2D eigenvalue weighted by atomic mass is 35.5. The van der Waals surface area contributed by atoms with Gasteiger partial charge in [0.2, 0.25) is 9.43 Å². The number of hydrogen-bond donors (Lipinski definition) is 0. The maximum absolute atomic E-state index is 13.9. The molecule has 18 heavy (non-hydrogen) atoms. The van der Waals surface area contributed by atoms with E-state index in [0.29, 0.717) is 20.7 Å². The van der Waals surface area contributed by atoms with Crippen molar-refractivity contribution in [2.24, 2.45) is 0 Å². The Morgan fingerprint density at radius 2 is 2.28 bits per heavy atom. The first-order valence-electron chi connectivity index (χ1n) is 5.03. The first-order chi connectivity index (χ1) is 8.67. The highest BCUT2D eigenvalue weighted by molar-refractivity contribution is 7.98. The second-order valence-corrected chi connectivity index (χ2v) is 5.97. The summed E-state index contributed by atoms with van der Waals surface area (Å²) >= 11 is 8.53. The summed E-state index contributed by atoms with van der Waals surface area (Å²) in [6, 6.07) is 5.11. The molecule has 0 bridgehead atoms. The lowest BCUT2D eigenvalue weighted by molar-refractivity contribution is 0.627. The predicted octanol–water partition coefficient (Wildman–Crippen LogP) is 3.97. The van der Waals surface area contributed by atoms with Gasteiger partial charge < -0.3 is 0 Å². The summed E-state index contributed by atoms with van der Waals surface area (Å²) in [5.41, 5.74) is 1.04. The van der Waals surface area contributed by atoms with Crippen molar-refractivity contribution in [1.82, 2.24) is 14.6 Å². The summed E-state index contributed by atoms with van der Waals surface area (Å²) in [5, 5.41) is 4.03. The zero-order chi connectivity index (χ0) is 12.7. The van der Waals surface area contributed by atoms with Crippen LogP contribution < -0.4 is 0 Å². The molecule has 0 N–H and O–H groups in total. The summed E-state index contributed by atoms with van der Waals surface area (Å²) in [6.45, 7) is 0. The molecule has 0 radical (unpaired) electrons. The summed E-state index contributed by atoms with van der Waals surface area (Å²) in [6.07, 6.45) is 3.59. The molecule has 3 aromatic rings. The molecule has 0 aliphatic heterocycles. The highest BCUT2D eigenvalue weighted by Crippen LogP contribution is 2.28. The lowest BCUT2D eigenvalue weighted by atomic mass is 10.1. The van der Waals surface area contributed by atoms with E-state index in [9.17, 15) is 4.39 Å². The number of rotatable bonds is 2. The van der Waals surface area contributed by atoms with Gasteiger partial charge >= 0.3 is 0 Å². The van der Waals surface area contributed by atoms with E-state index < -0.39 is 0 Å². The van der Waals surface area contributed by atoms with Gasteiger partial charge in [0.15, 0.2) is 0 Å². The van der Waals surface area contributed by atoms with Crippen molar-refractivity contribution in [3.8, 4) is 11.3 Å². The molecule has 0 saturated carbocycles. The molecule has 2 aromatic heterocycles. The Bertz CT molecular complexity index is 691. The van der Waals surface area contributed by atoms with E-state index in [4.69, 9.17) is 11.6 Å². The van der Waals surface area contributed by atoms with Crippen molar-refractivity contribution in [2.75, 3.05) is 6.26 Å². The topological polar surface area (TPSA) is 30.2 Å². The predicted molar refractivity (Wildman–Crippen MR) is 73.0 cm³/mol. The molecule has 0 spiro atoms. The van der Waals surface area contributed by atoms with Crippen LogP contribution in [0.2, 0.25) is 4.47 Å². The number of halogens is 2. The summed E-state index contributed by atoms with van der Waals surface area (Å²) in [7, 11) is 0. The van der Waals surface area contributed by atoms with Gasteiger partial charge in [-0.05, 0) is 36.1 Å². The molecule has 0 atom stereocenters. The van der Waals surface area contributed by atoms with Crippen molar-refractivity contribution in [3.05, 3.63) is 34.7 Å². The van der Waals surface area contributed by atoms with E-state index >= 15 is 0 Å². The Balaban J connectivity index is 2.10. The van der Waals surface area contributed by atoms with Gasteiger partial charge in [-0.3, -0.25) is 0 Å². The Hall–Kier alpha value is -1.11. The zero-order valence-electron chi connectivity index (χ0n) is 9.22. The molecular weight excluding hydrogens is 293 g/mol. The molecule has 0 amide bonds. The second-order valence-electron chi connectivity index (χ2n) is 3.55. The molecule has 0 fully saturated rings. The van der Waals surface area contributed by atoms with E-state index in [0.717, 1.165) is 4.90 Å². The van der Waals surface area contributed by atoms with Gasteiger partial charge in [0.1, 0.15) is 5.82 Å². The molecule has 3 nitrogen and oxygen atoms in total. The molecule has 1 aromatic carbocycles. The van der Waals surface area contributed by atoms with Crippen LogP contribution >= 0.6 is 34.7 Å². The van der Waals surface area contributed by atoms with Crippen molar-refractivity contribution >= 4 is 39.7 Å². The molecule has 0 aliphatic carbocycles. The number of fused-ring (bicyclic) bond motifs is 1. The minimum absolute atomic E-state index is 0.279. The number of benzene rings is 1. The first-order valence-corrected chi connectivity index (χ1v) is 7.45. The maximum Gasteiger partial charge on any atom is 0.213 e. The fourth-order valence-electron chi connectivity index (χ4n) is 1.64. The molecule has 3 rings (SSSR count). The zero-order valence-corrected chi connectivity index (χ0v) is 11.6. The molecular formula is C11H7ClFN3S2. The average molecular weight is 300 g/mol. The molecule has 2 heterocycles. The summed E-state index contributed by atoms with van der Waals surface area (Å²) < 4.78 is 15.9. The Morgan fingerprint density at radius 1 is 1.44 bits per heavy atom. The molecule has 0 saturated heterocycles. The van der Waals surface area contributed by atoms with Crippen LogP contribution in [0.25, 0.3) is 16.2 Å². The Labute approximate surface area is 116 Å². The van der Waals surface area contributed by atoms with Crippen LogP contribution in [0.5, 0.6) is 0 Å². The van der Waals surface area contributed by atoms with E-state index in [1.165, 1.54) is 29.2 Å². The van der Waals surface area contributed by atoms with Gasteiger partial charge in [-0.1, -0.05) is 11.3 Å². The van der Waals surface area contributed by atoms with Crippen LogP contribution in [0.4, 0.5) is 4.39 Å². The molecule has 0 unspecified atom stereocenters. The first kappa shape index (κ1) is 12.0. The van der Waals surface area contributed by atoms with Crippen molar-refractivity contribution in [3.63, 3.8) is 0 Å². The van der Waals surface area contributed by atoms with E-state index in [2.05, 4.69) is 10.1 Å². The third-order valence-electron chi connectivity index (χ3n) is 2.47. The van der Waals surface area contributed by atoms with Crippen LogP contribution in [0.15, 0.2) is 29.3 Å². The maximum atomic E-state index is 13.9. The van der Waals surface area contributed by atoms with Gasteiger partial charge in [0.05, 0.1) is 11.9 Å². The largest absolute Gasteiger partial charge is 0.217 e. The molecule has 0 aliphatic rings. The SMILES string of the molecule is CSc1ccc(-c2cn3nc(Cl)sc3n2)c(F)c1. The van der Waals surface area contributed by atoms with Gasteiger partial charge in [0.25, 0.3) is 0 Å². The van der Waals surface area contributed by atoms with Crippen molar-refractivity contribution in [2.45, 2.75) is 4.90 Å². The number of aromatic nitrogens is 3. The standard InChI is InChI=1S/C11H7ClFN3S2/c1-17-6-2-3-7(8(13)4-6)9-5-16-11(14-9)18-10(12)15-16/h2-5H,1H3. The van der Waals surface area contributed by atoms with Crippen LogP contribution in [-0.4, -0.2) is 20.9 Å². The fraction of sp³-hybridized carbons (Fsp3) is 0.0909. The second kappa shape index (κ2) is 4.53. The van der Waals surface area contributed by atoms with Crippen LogP contribution in [0.3, 0.4) is 0 Å². The molecule has 92 valence electrons. The van der Waals surface area contributed by atoms with E-state index in [1.807, 2.05) is 12.3 Å². The van der Waals surface area contributed by atoms with Crippen LogP contribution in [0.1, 0.15) is 0 Å². The van der Waals surface area contributed by atoms with Gasteiger partial charge in [0, 0.05) is 10.5 Å². The van der Waals surface area contributed by atoms with Crippen LogP contribution in [0, 0.1) is 5.82 Å². The quantitative estimate of drug-likeness (QED) is 0.671. The lowest BCUT2D eigenvalue weighted by Crippen LogP contribution is -1.85. The monoisotopic (exact) mass is 299 g/mol. The smallest absolute Gasteiger partial charge is 0.213 e. The number of thioether (sulfide) groups is 1. The number of nitrogens with zero attached hydrogens (tertiary/aromatic N) is 3. The van der Waals surface area contributed by atoms with Gasteiger partial charge in [-0.15, -0.1) is 16.9 Å². The molecule has 7 heteroatoms. The summed E-state index contributed by atoms with van der Waals surface area (Å²) in [4.78, 5) is 5.85. The summed E-state index contributed by atoms with van der Waals surface area (Å²) in [5.74, 6) is -0.279. The van der Waals surface area contributed by atoms with Crippen molar-refractivity contribution < 1.29 is 4.39 Å². The van der Waals surface area contributed by atoms with Gasteiger partial charge in [-0.2, -0.15) is 0 Å². The van der Waals surface area contributed by atoms with E-state index in [1.54, 1.807) is 16.8 Å². The van der Waals surface area contributed by atoms with Gasteiger partial charge in [-0.25, -0.2) is 13.9 Å². The average Bonchev–Trinajstić information content (AvgIpc) is 2.85. The number of hydrogen-bond acceptors (Lipinski definition) is 4. The minimum atomic E-state index is -0.279. The normalized spacial score (nSPS) is 11.3. The van der Waals surface area contributed by atoms with Crippen molar-refractivity contribution in [1.29, 1.82) is 0 Å². The van der Waals surface area contributed by atoms with E-state index in [-0.39, 0.29) is 5.82 Å². The Morgan fingerprint density at radius 3 is 2.94 bits per heavy atom. The third-order valence-corrected chi connectivity index (χ3v) is 4.21. The number of imidazole rings is 1. The minimum Gasteiger partial charge on any atom is -0.217 e. The lowest BCUT2D eigenvalue weighted by Gasteiger charge is -2.01. The Kier molecular flexibility index (Phi) is 3.01. The fourth-order valence-corrected chi connectivity index (χ4v) is 2.96. The van der Waals surface area contributed by atoms with Crippen LogP contribution in [-0.2, 0) is 0 Å². The highest BCUT2D eigenvalue weighted by Gasteiger charge is 2.12.